The van der Waals surface area contributed by atoms with Crippen LogP contribution in [-0.4, -0.2) is 32.1 Å². The van der Waals surface area contributed by atoms with Crippen LogP contribution in [0, 0.1) is 12.3 Å². The molecule has 0 aliphatic rings. The van der Waals surface area contributed by atoms with Crippen molar-refractivity contribution in [3.8, 4) is 12.3 Å². The number of nitrogens with one attached hydrogen (secondary N) is 1. The molecule has 0 amide bonds. The Bertz CT molecular complexity index is 352. The highest BCUT2D eigenvalue weighted by Crippen LogP contribution is 2.11. The van der Waals surface area contributed by atoms with E-state index in [4.69, 9.17) is 6.42 Å². The third-order valence-electron chi connectivity index (χ3n) is 2.56. The van der Waals surface area contributed by atoms with Gasteiger partial charge in [-0.15, -0.1) is 6.42 Å². The van der Waals surface area contributed by atoms with Gasteiger partial charge in [-0.25, -0.2) is 0 Å². The van der Waals surface area contributed by atoms with E-state index in [0.717, 1.165) is 19.5 Å². The zero-order valence-corrected chi connectivity index (χ0v) is 10.2. The Labute approximate surface area is 98.7 Å². The van der Waals surface area contributed by atoms with Crippen LogP contribution in [0.5, 0.6) is 0 Å². The summed E-state index contributed by atoms with van der Waals surface area (Å²) < 4.78 is 0. The molecule has 0 aromatic heterocycles. The van der Waals surface area contributed by atoms with Gasteiger partial charge in [0.15, 0.2) is 0 Å². The summed E-state index contributed by atoms with van der Waals surface area (Å²) in [6.07, 6.45) is 6.37. The van der Waals surface area contributed by atoms with Crippen LogP contribution in [0.4, 0.5) is 0 Å². The number of hydrogen-bond donors (Lipinski definition) is 1. The molecule has 1 rings (SSSR count). The average Bonchev–Trinajstić information content (AvgIpc) is 2.28. The normalized spacial score (nSPS) is 10.4. The summed E-state index contributed by atoms with van der Waals surface area (Å²) >= 11 is 0. The standard InChI is InChI=1S/C14H20N2/c1-4-11-16(3)12-14-8-6-5-7-13(14)9-10-15-2/h1,5-8,15H,9-12H2,2-3H3. The molecule has 1 aromatic rings. The van der Waals surface area contributed by atoms with Gasteiger partial charge in [0.1, 0.15) is 0 Å². The molecular weight excluding hydrogens is 196 g/mol. The van der Waals surface area contributed by atoms with E-state index in [1.54, 1.807) is 0 Å². The van der Waals surface area contributed by atoms with Gasteiger partial charge >= 0.3 is 0 Å². The van der Waals surface area contributed by atoms with Crippen LogP contribution in [0.1, 0.15) is 11.1 Å². The van der Waals surface area contributed by atoms with Crippen molar-refractivity contribution in [3.05, 3.63) is 35.4 Å². The minimum absolute atomic E-state index is 0.695. The molecular formula is C14H20N2. The van der Waals surface area contributed by atoms with Crippen molar-refractivity contribution >= 4 is 0 Å². The summed E-state index contributed by atoms with van der Waals surface area (Å²) in [7, 11) is 4.03. The van der Waals surface area contributed by atoms with Crippen molar-refractivity contribution in [2.75, 3.05) is 27.2 Å². The molecule has 0 saturated heterocycles. The van der Waals surface area contributed by atoms with Crippen LogP contribution >= 0.6 is 0 Å². The quantitative estimate of drug-likeness (QED) is 0.725. The number of hydrogen-bond acceptors (Lipinski definition) is 2. The third kappa shape index (κ3) is 4.06. The molecule has 0 saturated carbocycles. The smallest absolute Gasteiger partial charge is 0.0599 e. The number of benzene rings is 1. The van der Waals surface area contributed by atoms with Gasteiger partial charge in [-0.05, 0) is 38.2 Å². The maximum absolute atomic E-state index is 5.30. The van der Waals surface area contributed by atoms with Gasteiger partial charge in [0, 0.05) is 6.54 Å². The largest absolute Gasteiger partial charge is 0.319 e. The SMILES string of the molecule is C#CCN(C)Cc1ccccc1CCNC. The number of nitrogens with zero attached hydrogens (tertiary/aromatic N) is 1. The van der Waals surface area contributed by atoms with Gasteiger partial charge < -0.3 is 5.32 Å². The summed E-state index contributed by atoms with van der Waals surface area (Å²) in [5, 5.41) is 3.18. The molecule has 2 heteroatoms. The Balaban J connectivity index is 2.67. The van der Waals surface area contributed by atoms with Crippen LogP contribution in [0.15, 0.2) is 24.3 Å². The first-order valence-electron chi connectivity index (χ1n) is 5.61. The average molecular weight is 216 g/mol. The number of rotatable bonds is 6. The summed E-state index contributed by atoms with van der Waals surface area (Å²) in [6, 6.07) is 8.55. The number of terminal acetylenes is 1. The predicted octanol–water partition coefficient (Wildman–Crippen LogP) is 1.51. The van der Waals surface area contributed by atoms with Gasteiger partial charge in [-0.3, -0.25) is 4.90 Å². The first-order valence-corrected chi connectivity index (χ1v) is 5.61. The highest BCUT2D eigenvalue weighted by Gasteiger charge is 2.03. The monoisotopic (exact) mass is 216 g/mol. The summed E-state index contributed by atoms with van der Waals surface area (Å²) in [4.78, 5) is 2.15. The second kappa shape index (κ2) is 7.05. The van der Waals surface area contributed by atoms with E-state index in [1.165, 1.54) is 11.1 Å². The first kappa shape index (κ1) is 12.8. The Hall–Kier alpha value is -1.30. The first-order chi connectivity index (χ1) is 7.77. The molecule has 2 nitrogen and oxygen atoms in total. The van der Waals surface area contributed by atoms with Crippen LogP contribution in [-0.2, 0) is 13.0 Å². The molecule has 16 heavy (non-hydrogen) atoms. The van der Waals surface area contributed by atoms with Crippen molar-refractivity contribution < 1.29 is 0 Å². The fraction of sp³-hybridized carbons (Fsp3) is 0.429. The minimum Gasteiger partial charge on any atom is -0.319 e. The molecule has 0 unspecified atom stereocenters. The third-order valence-corrected chi connectivity index (χ3v) is 2.56. The fourth-order valence-corrected chi connectivity index (χ4v) is 1.72. The van der Waals surface area contributed by atoms with Crippen LogP contribution in [0.2, 0.25) is 0 Å². The molecule has 0 heterocycles. The van der Waals surface area contributed by atoms with Crippen molar-refractivity contribution in [3.63, 3.8) is 0 Å². The molecule has 1 aromatic carbocycles. The van der Waals surface area contributed by atoms with Gasteiger partial charge in [-0.2, -0.15) is 0 Å². The summed E-state index contributed by atoms with van der Waals surface area (Å²) in [5.74, 6) is 2.66. The maximum Gasteiger partial charge on any atom is 0.0599 e. The van der Waals surface area contributed by atoms with Crippen molar-refractivity contribution in [2.45, 2.75) is 13.0 Å². The van der Waals surface area contributed by atoms with Gasteiger partial charge in [0.05, 0.1) is 6.54 Å². The van der Waals surface area contributed by atoms with Gasteiger partial charge in [-0.1, -0.05) is 30.2 Å². The lowest BCUT2D eigenvalue weighted by Gasteiger charge is -2.16. The molecule has 0 spiro atoms. The molecule has 0 fully saturated rings. The van der Waals surface area contributed by atoms with E-state index in [0.29, 0.717) is 6.54 Å². The molecule has 1 N–H and O–H groups in total. The second-order valence-electron chi connectivity index (χ2n) is 4.00. The highest BCUT2D eigenvalue weighted by molar-refractivity contribution is 5.27. The van der Waals surface area contributed by atoms with Crippen molar-refractivity contribution in [1.29, 1.82) is 0 Å². The minimum atomic E-state index is 0.695. The fourth-order valence-electron chi connectivity index (χ4n) is 1.72. The number of likely N-dealkylation sites (N-methyl/N-ethyl adjacent to an activating group) is 1. The lowest BCUT2D eigenvalue weighted by molar-refractivity contribution is 0.368. The summed E-state index contributed by atoms with van der Waals surface area (Å²) in [6.45, 7) is 2.63. The molecule has 0 aliphatic carbocycles. The van der Waals surface area contributed by atoms with E-state index in [2.05, 4.69) is 47.5 Å². The molecule has 0 aliphatic heterocycles. The zero-order valence-electron chi connectivity index (χ0n) is 10.2. The highest BCUT2D eigenvalue weighted by atomic mass is 15.1. The van der Waals surface area contributed by atoms with Crippen molar-refractivity contribution in [1.82, 2.24) is 10.2 Å². The van der Waals surface area contributed by atoms with E-state index < -0.39 is 0 Å². The Kier molecular flexibility index (Phi) is 5.63. The Morgan fingerprint density at radius 3 is 2.62 bits per heavy atom. The van der Waals surface area contributed by atoms with E-state index >= 15 is 0 Å². The Morgan fingerprint density at radius 1 is 1.31 bits per heavy atom. The van der Waals surface area contributed by atoms with E-state index in [1.807, 2.05) is 7.05 Å². The molecule has 0 bridgehead atoms. The Morgan fingerprint density at radius 2 is 2.00 bits per heavy atom. The molecule has 0 atom stereocenters. The van der Waals surface area contributed by atoms with Gasteiger partial charge in [0.2, 0.25) is 0 Å². The molecule has 0 radical (unpaired) electrons. The maximum atomic E-state index is 5.30. The predicted molar refractivity (Wildman–Crippen MR) is 69.2 cm³/mol. The zero-order chi connectivity index (χ0) is 11.8. The molecule has 86 valence electrons. The topological polar surface area (TPSA) is 15.3 Å². The van der Waals surface area contributed by atoms with Crippen LogP contribution < -0.4 is 5.32 Å². The second-order valence-corrected chi connectivity index (χ2v) is 4.00. The van der Waals surface area contributed by atoms with Gasteiger partial charge in [0.25, 0.3) is 0 Å². The van der Waals surface area contributed by atoms with E-state index in [-0.39, 0.29) is 0 Å². The van der Waals surface area contributed by atoms with E-state index in [9.17, 15) is 0 Å². The lowest BCUT2D eigenvalue weighted by atomic mass is 10.0. The van der Waals surface area contributed by atoms with Crippen LogP contribution in [0.25, 0.3) is 0 Å². The van der Waals surface area contributed by atoms with Crippen LogP contribution in [0.3, 0.4) is 0 Å². The lowest BCUT2D eigenvalue weighted by Crippen LogP contribution is -2.19. The summed E-state index contributed by atoms with van der Waals surface area (Å²) in [5.41, 5.74) is 2.77. The van der Waals surface area contributed by atoms with Crippen molar-refractivity contribution in [2.24, 2.45) is 0 Å².